The summed E-state index contributed by atoms with van der Waals surface area (Å²) >= 11 is 0. The van der Waals surface area contributed by atoms with Crippen LogP contribution in [0, 0.1) is 5.92 Å². The first-order valence-corrected chi connectivity index (χ1v) is 7.50. The Morgan fingerprint density at radius 2 is 2.25 bits per heavy atom. The fourth-order valence-corrected chi connectivity index (χ4v) is 3.39. The summed E-state index contributed by atoms with van der Waals surface area (Å²) in [5, 5.41) is 9.72. The van der Waals surface area contributed by atoms with Crippen LogP contribution in [0.2, 0.25) is 0 Å². The number of hydrogen-bond acceptors (Lipinski definition) is 3. The van der Waals surface area contributed by atoms with Crippen molar-refractivity contribution < 1.29 is 5.11 Å². The minimum absolute atomic E-state index is 0.0210. The summed E-state index contributed by atoms with van der Waals surface area (Å²) in [4.78, 5) is 6.98. The quantitative estimate of drug-likeness (QED) is 0.935. The Morgan fingerprint density at radius 1 is 1.40 bits per heavy atom. The monoisotopic (exact) mass is 273 g/mol. The fourth-order valence-electron chi connectivity index (χ4n) is 3.39. The van der Waals surface area contributed by atoms with Gasteiger partial charge >= 0.3 is 0 Å². The van der Waals surface area contributed by atoms with Crippen LogP contribution in [0.5, 0.6) is 0 Å². The van der Waals surface area contributed by atoms with Gasteiger partial charge in [0.1, 0.15) is 5.65 Å². The van der Waals surface area contributed by atoms with E-state index in [4.69, 9.17) is 4.98 Å². The summed E-state index contributed by atoms with van der Waals surface area (Å²) in [6.45, 7) is 2.35. The van der Waals surface area contributed by atoms with Gasteiger partial charge in [0.2, 0.25) is 0 Å². The molecule has 0 amide bonds. The highest BCUT2D eigenvalue weighted by atomic mass is 16.3. The average Bonchev–Trinajstić information content (AvgIpc) is 2.85. The van der Waals surface area contributed by atoms with Crippen molar-refractivity contribution in [2.75, 3.05) is 11.9 Å². The lowest BCUT2D eigenvalue weighted by molar-refractivity contribution is 0.275. The number of nitrogens with zero attached hydrogens (tertiary/aromatic N) is 3. The molecule has 1 aliphatic carbocycles. The van der Waals surface area contributed by atoms with Gasteiger partial charge in [-0.1, -0.05) is 25.8 Å². The van der Waals surface area contributed by atoms with E-state index in [9.17, 15) is 5.11 Å². The molecule has 1 aliphatic rings. The topological polar surface area (TPSA) is 40.8 Å². The van der Waals surface area contributed by atoms with Crippen molar-refractivity contribution in [1.29, 1.82) is 0 Å². The Hall–Kier alpha value is -1.55. The van der Waals surface area contributed by atoms with Crippen LogP contribution >= 0.6 is 0 Å². The lowest BCUT2D eigenvalue weighted by Crippen LogP contribution is -2.36. The van der Waals surface area contributed by atoms with Crippen molar-refractivity contribution in [3.05, 3.63) is 30.1 Å². The molecule has 0 saturated heterocycles. The van der Waals surface area contributed by atoms with Crippen LogP contribution in [-0.4, -0.2) is 27.6 Å². The zero-order chi connectivity index (χ0) is 14.1. The van der Waals surface area contributed by atoms with Gasteiger partial charge in [0, 0.05) is 19.3 Å². The number of aliphatic hydroxyl groups is 1. The first-order chi connectivity index (χ1) is 9.70. The Labute approximate surface area is 120 Å². The molecule has 2 aromatic heterocycles. The molecule has 2 atom stereocenters. The van der Waals surface area contributed by atoms with E-state index in [1.807, 2.05) is 28.8 Å². The summed E-state index contributed by atoms with van der Waals surface area (Å²) in [7, 11) is 2.11. The molecule has 20 heavy (non-hydrogen) atoms. The minimum atomic E-state index is 0.0210. The number of anilines is 1. The van der Waals surface area contributed by atoms with Crippen LogP contribution in [0.15, 0.2) is 24.4 Å². The predicted molar refractivity (Wildman–Crippen MR) is 80.9 cm³/mol. The lowest BCUT2D eigenvalue weighted by Gasteiger charge is -2.34. The summed E-state index contributed by atoms with van der Waals surface area (Å²) < 4.78 is 1.98. The van der Waals surface area contributed by atoms with Crippen molar-refractivity contribution in [2.24, 2.45) is 5.92 Å². The molecule has 3 rings (SSSR count). The summed E-state index contributed by atoms with van der Waals surface area (Å²) in [5.41, 5.74) is 1.79. The molecule has 0 bridgehead atoms. The maximum atomic E-state index is 9.72. The maximum absolute atomic E-state index is 9.72. The molecule has 0 radical (unpaired) electrons. The normalized spacial score (nSPS) is 23.1. The second-order valence-corrected chi connectivity index (χ2v) is 6.01. The molecule has 0 spiro atoms. The van der Waals surface area contributed by atoms with E-state index in [0.717, 1.165) is 23.1 Å². The fraction of sp³-hybridized carbons (Fsp3) is 0.562. The number of aliphatic hydroxyl groups excluding tert-OH is 1. The van der Waals surface area contributed by atoms with Gasteiger partial charge in [-0.15, -0.1) is 0 Å². The summed E-state index contributed by atoms with van der Waals surface area (Å²) in [6.07, 6.45) is 7.03. The molecule has 4 heteroatoms. The minimum Gasteiger partial charge on any atom is -0.390 e. The molecule has 1 fully saturated rings. The molecular weight excluding hydrogens is 250 g/mol. The molecule has 2 heterocycles. The zero-order valence-electron chi connectivity index (χ0n) is 12.3. The van der Waals surface area contributed by atoms with Crippen molar-refractivity contribution in [1.82, 2.24) is 9.38 Å². The third-order valence-corrected chi connectivity index (χ3v) is 4.55. The van der Waals surface area contributed by atoms with Crippen LogP contribution in [0.1, 0.15) is 38.3 Å². The molecule has 0 aromatic carbocycles. The highest BCUT2D eigenvalue weighted by molar-refractivity contribution is 5.56. The van der Waals surface area contributed by atoms with Crippen molar-refractivity contribution >= 4 is 11.5 Å². The number of aromatic nitrogens is 2. The van der Waals surface area contributed by atoms with E-state index < -0.39 is 0 Å². The molecule has 2 unspecified atom stereocenters. The van der Waals surface area contributed by atoms with E-state index >= 15 is 0 Å². The molecule has 1 saturated carbocycles. The first-order valence-electron chi connectivity index (χ1n) is 7.50. The lowest BCUT2D eigenvalue weighted by atomic mass is 9.86. The molecule has 4 nitrogen and oxygen atoms in total. The molecule has 108 valence electrons. The predicted octanol–water partition coefficient (Wildman–Crippen LogP) is 2.84. The summed E-state index contributed by atoms with van der Waals surface area (Å²) in [5.74, 6) is 1.71. The van der Waals surface area contributed by atoms with Gasteiger partial charge in [-0.05, 0) is 30.9 Å². The van der Waals surface area contributed by atoms with Crippen molar-refractivity contribution in [2.45, 2.75) is 45.3 Å². The molecule has 0 aliphatic heterocycles. The molecule has 1 N–H and O–H groups in total. The Kier molecular flexibility index (Phi) is 3.66. The van der Waals surface area contributed by atoms with E-state index in [2.05, 4.69) is 18.9 Å². The van der Waals surface area contributed by atoms with E-state index in [1.165, 1.54) is 25.7 Å². The molecular formula is C16H23N3O. The largest absolute Gasteiger partial charge is 0.390 e. The zero-order valence-corrected chi connectivity index (χ0v) is 12.3. The van der Waals surface area contributed by atoms with Crippen LogP contribution < -0.4 is 4.90 Å². The second kappa shape index (κ2) is 5.44. The number of fused-ring (bicyclic) bond motifs is 1. The van der Waals surface area contributed by atoms with Gasteiger partial charge in [0.15, 0.2) is 5.82 Å². The van der Waals surface area contributed by atoms with Crippen LogP contribution in [0.25, 0.3) is 5.65 Å². The van der Waals surface area contributed by atoms with Crippen molar-refractivity contribution in [3.8, 4) is 0 Å². The highest BCUT2D eigenvalue weighted by Gasteiger charge is 2.26. The van der Waals surface area contributed by atoms with E-state index in [-0.39, 0.29) is 6.61 Å². The SMILES string of the molecule is CC1CCCC(N(C)c2nc3ccccn3c2CO)C1. The Bertz CT molecular complexity index is 592. The van der Waals surface area contributed by atoms with Gasteiger partial charge in [0.25, 0.3) is 0 Å². The van der Waals surface area contributed by atoms with Gasteiger partial charge in [-0.25, -0.2) is 4.98 Å². The van der Waals surface area contributed by atoms with Gasteiger partial charge in [-0.3, -0.25) is 4.40 Å². The number of imidazole rings is 1. The third kappa shape index (κ3) is 2.29. The van der Waals surface area contributed by atoms with Gasteiger partial charge in [-0.2, -0.15) is 0 Å². The molecule has 2 aromatic rings. The number of hydrogen-bond donors (Lipinski definition) is 1. The second-order valence-electron chi connectivity index (χ2n) is 6.01. The van der Waals surface area contributed by atoms with Gasteiger partial charge in [0.05, 0.1) is 12.3 Å². The van der Waals surface area contributed by atoms with E-state index in [1.54, 1.807) is 0 Å². The van der Waals surface area contributed by atoms with Crippen molar-refractivity contribution in [3.63, 3.8) is 0 Å². The standard InChI is InChI=1S/C16H23N3O/c1-12-6-5-7-13(10-12)18(2)16-14(11-20)19-9-4-3-8-15(19)17-16/h3-4,8-9,12-13,20H,5-7,10-11H2,1-2H3. The average molecular weight is 273 g/mol. The number of rotatable bonds is 3. The van der Waals surface area contributed by atoms with E-state index in [0.29, 0.717) is 6.04 Å². The van der Waals surface area contributed by atoms with Crippen LogP contribution in [0.3, 0.4) is 0 Å². The van der Waals surface area contributed by atoms with Crippen LogP contribution in [-0.2, 0) is 6.61 Å². The smallest absolute Gasteiger partial charge is 0.153 e. The van der Waals surface area contributed by atoms with Gasteiger partial charge < -0.3 is 10.0 Å². The maximum Gasteiger partial charge on any atom is 0.153 e. The number of pyridine rings is 1. The van der Waals surface area contributed by atoms with Crippen LogP contribution in [0.4, 0.5) is 5.82 Å². The first kappa shape index (κ1) is 13.4. The third-order valence-electron chi connectivity index (χ3n) is 4.55. The highest BCUT2D eigenvalue weighted by Crippen LogP contribution is 2.31. The Balaban J connectivity index is 1.96. The Morgan fingerprint density at radius 3 is 3.00 bits per heavy atom. The summed E-state index contributed by atoms with van der Waals surface area (Å²) in [6, 6.07) is 6.48.